The van der Waals surface area contributed by atoms with Gasteiger partial charge in [-0.2, -0.15) is 0 Å². The van der Waals surface area contributed by atoms with Crippen molar-refractivity contribution in [1.82, 2.24) is 25.1 Å². The Balaban J connectivity index is 1.36. The van der Waals surface area contributed by atoms with Gasteiger partial charge < -0.3 is 19.6 Å². The summed E-state index contributed by atoms with van der Waals surface area (Å²) in [5.41, 5.74) is 2.44. The van der Waals surface area contributed by atoms with Gasteiger partial charge in [-0.1, -0.05) is 30.7 Å². The van der Waals surface area contributed by atoms with Gasteiger partial charge in [0.2, 0.25) is 0 Å². The first-order valence-corrected chi connectivity index (χ1v) is 11.6. The summed E-state index contributed by atoms with van der Waals surface area (Å²) in [7, 11) is 0. The Morgan fingerprint density at radius 2 is 1.91 bits per heavy atom. The predicted octanol–water partition coefficient (Wildman–Crippen LogP) is 3.81. The molecule has 0 bridgehead atoms. The molecular weight excluding hydrogens is 400 g/mol. The highest BCUT2D eigenvalue weighted by Gasteiger charge is 2.24. The van der Waals surface area contributed by atoms with E-state index >= 15 is 0 Å². The molecule has 1 aromatic carbocycles. The van der Waals surface area contributed by atoms with Crippen molar-refractivity contribution in [2.24, 2.45) is 4.99 Å². The second kappa shape index (κ2) is 11.5. The first-order chi connectivity index (χ1) is 15.8. The average molecular weight is 435 g/mol. The molecule has 1 aliphatic rings. The second-order valence-corrected chi connectivity index (χ2v) is 8.26. The standard InChI is InChI=1S/C25H34N6O/c1-2-27-25(28-17-21-8-10-22(11-9-21)19-30-15-12-26-20-30)29-18-23(24-7-6-16-32-24)31-13-4-3-5-14-31/h6-12,15-16,20,23H,2-5,13-14,17-19H2,1H3,(H2,27,28,29). The SMILES string of the molecule is CCNC(=NCc1ccc(Cn2ccnc2)cc1)NCC(c1ccco1)N1CCCCC1. The van der Waals surface area contributed by atoms with Gasteiger partial charge in [0, 0.05) is 32.0 Å². The molecule has 0 saturated carbocycles. The number of piperidine rings is 1. The number of nitrogens with one attached hydrogen (secondary N) is 2. The van der Waals surface area contributed by atoms with Gasteiger partial charge in [-0.05, 0) is 56.1 Å². The molecule has 170 valence electrons. The van der Waals surface area contributed by atoms with Crippen molar-refractivity contribution in [3.8, 4) is 0 Å². The van der Waals surface area contributed by atoms with Crippen molar-refractivity contribution >= 4 is 5.96 Å². The number of hydrogen-bond donors (Lipinski definition) is 2. The van der Waals surface area contributed by atoms with E-state index in [1.165, 1.54) is 30.4 Å². The van der Waals surface area contributed by atoms with E-state index in [0.717, 1.165) is 44.4 Å². The lowest BCUT2D eigenvalue weighted by Gasteiger charge is -2.33. The molecule has 1 fully saturated rings. The Bertz CT molecular complexity index is 927. The van der Waals surface area contributed by atoms with Crippen molar-refractivity contribution in [2.75, 3.05) is 26.2 Å². The molecule has 32 heavy (non-hydrogen) atoms. The minimum atomic E-state index is 0.219. The van der Waals surface area contributed by atoms with E-state index in [0.29, 0.717) is 6.54 Å². The summed E-state index contributed by atoms with van der Waals surface area (Å²) >= 11 is 0. The zero-order chi connectivity index (χ0) is 22.0. The van der Waals surface area contributed by atoms with Crippen LogP contribution in [0.3, 0.4) is 0 Å². The van der Waals surface area contributed by atoms with Gasteiger partial charge in [-0.15, -0.1) is 0 Å². The molecular formula is C25H34N6O. The largest absolute Gasteiger partial charge is 0.468 e. The van der Waals surface area contributed by atoms with Crippen LogP contribution in [0.25, 0.3) is 0 Å². The van der Waals surface area contributed by atoms with E-state index in [2.05, 4.69) is 62.3 Å². The fraction of sp³-hybridized carbons (Fsp3) is 0.440. The highest BCUT2D eigenvalue weighted by molar-refractivity contribution is 5.79. The number of guanidine groups is 1. The van der Waals surface area contributed by atoms with Crippen LogP contribution in [0.1, 0.15) is 49.1 Å². The van der Waals surface area contributed by atoms with Crippen LogP contribution in [-0.4, -0.2) is 46.6 Å². The highest BCUT2D eigenvalue weighted by atomic mass is 16.3. The quantitative estimate of drug-likeness (QED) is 0.396. The Kier molecular flexibility index (Phi) is 7.98. The third-order valence-electron chi connectivity index (χ3n) is 5.88. The molecule has 2 N–H and O–H groups in total. The van der Waals surface area contributed by atoms with Crippen LogP contribution in [-0.2, 0) is 13.1 Å². The number of imidazole rings is 1. The molecule has 0 amide bonds. The minimum Gasteiger partial charge on any atom is -0.468 e. The first kappa shape index (κ1) is 22.1. The monoisotopic (exact) mass is 434 g/mol. The zero-order valence-electron chi connectivity index (χ0n) is 18.9. The van der Waals surface area contributed by atoms with Gasteiger partial charge in [-0.3, -0.25) is 4.90 Å². The summed E-state index contributed by atoms with van der Waals surface area (Å²) in [5.74, 6) is 1.85. The maximum absolute atomic E-state index is 5.77. The number of benzene rings is 1. The molecule has 1 atom stereocenters. The molecule has 7 nitrogen and oxygen atoms in total. The number of hydrogen-bond acceptors (Lipinski definition) is 4. The maximum atomic E-state index is 5.77. The van der Waals surface area contributed by atoms with Crippen LogP contribution < -0.4 is 10.6 Å². The molecule has 0 spiro atoms. The van der Waals surface area contributed by atoms with Gasteiger partial charge >= 0.3 is 0 Å². The third kappa shape index (κ3) is 6.23. The van der Waals surface area contributed by atoms with E-state index in [1.54, 1.807) is 12.5 Å². The van der Waals surface area contributed by atoms with Crippen LogP contribution in [0, 0.1) is 0 Å². The Morgan fingerprint density at radius 3 is 2.59 bits per heavy atom. The van der Waals surface area contributed by atoms with Crippen LogP contribution in [0.2, 0.25) is 0 Å². The topological polar surface area (TPSA) is 70.6 Å². The Morgan fingerprint density at radius 1 is 1.09 bits per heavy atom. The average Bonchev–Trinajstić information content (AvgIpc) is 3.54. The molecule has 1 saturated heterocycles. The lowest BCUT2D eigenvalue weighted by Crippen LogP contribution is -2.44. The maximum Gasteiger partial charge on any atom is 0.191 e. The van der Waals surface area contributed by atoms with Crippen molar-refractivity contribution < 1.29 is 4.42 Å². The van der Waals surface area contributed by atoms with Crippen molar-refractivity contribution in [3.05, 3.63) is 78.3 Å². The number of likely N-dealkylation sites (tertiary alicyclic amines) is 1. The van der Waals surface area contributed by atoms with Crippen molar-refractivity contribution in [2.45, 2.75) is 45.3 Å². The molecule has 1 unspecified atom stereocenters. The molecule has 2 aromatic heterocycles. The lowest BCUT2D eigenvalue weighted by atomic mass is 10.1. The first-order valence-electron chi connectivity index (χ1n) is 11.6. The van der Waals surface area contributed by atoms with E-state index in [-0.39, 0.29) is 6.04 Å². The van der Waals surface area contributed by atoms with E-state index < -0.39 is 0 Å². The molecule has 4 rings (SSSR count). The third-order valence-corrected chi connectivity index (χ3v) is 5.88. The number of aliphatic imine (C=N–C) groups is 1. The highest BCUT2D eigenvalue weighted by Crippen LogP contribution is 2.24. The Labute approximate surface area is 190 Å². The van der Waals surface area contributed by atoms with Gasteiger partial charge in [0.15, 0.2) is 5.96 Å². The van der Waals surface area contributed by atoms with Gasteiger partial charge in [0.25, 0.3) is 0 Å². The van der Waals surface area contributed by atoms with Crippen molar-refractivity contribution in [1.29, 1.82) is 0 Å². The number of furan rings is 1. The summed E-state index contributed by atoms with van der Waals surface area (Å²) in [5, 5.41) is 6.92. The number of aromatic nitrogens is 2. The number of nitrogens with zero attached hydrogens (tertiary/aromatic N) is 4. The lowest BCUT2D eigenvalue weighted by molar-refractivity contribution is 0.146. The van der Waals surface area contributed by atoms with Crippen LogP contribution >= 0.6 is 0 Å². The summed E-state index contributed by atoms with van der Waals surface area (Å²) < 4.78 is 7.84. The van der Waals surface area contributed by atoms with Crippen LogP contribution in [0.5, 0.6) is 0 Å². The summed E-state index contributed by atoms with van der Waals surface area (Å²) in [6, 6.07) is 12.9. The van der Waals surface area contributed by atoms with Crippen LogP contribution in [0.15, 0.2) is 70.8 Å². The molecule has 0 aliphatic carbocycles. The van der Waals surface area contributed by atoms with Crippen LogP contribution in [0.4, 0.5) is 0 Å². The normalized spacial score (nSPS) is 16.1. The predicted molar refractivity (Wildman–Crippen MR) is 127 cm³/mol. The van der Waals surface area contributed by atoms with Gasteiger partial charge in [0.05, 0.1) is 25.2 Å². The van der Waals surface area contributed by atoms with Crippen molar-refractivity contribution in [3.63, 3.8) is 0 Å². The van der Waals surface area contributed by atoms with E-state index in [4.69, 9.17) is 9.41 Å². The second-order valence-electron chi connectivity index (χ2n) is 8.26. The zero-order valence-corrected chi connectivity index (χ0v) is 18.9. The van der Waals surface area contributed by atoms with Gasteiger partial charge in [-0.25, -0.2) is 9.98 Å². The molecule has 7 heteroatoms. The van der Waals surface area contributed by atoms with Gasteiger partial charge in [0.1, 0.15) is 5.76 Å². The smallest absolute Gasteiger partial charge is 0.191 e. The molecule has 3 aromatic rings. The summed E-state index contributed by atoms with van der Waals surface area (Å²) in [4.78, 5) is 11.4. The minimum absolute atomic E-state index is 0.219. The molecule has 0 radical (unpaired) electrons. The Hall–Kier alpha value is -3.06. The molecule has 3 heterocycles. The number of rotatable bonds is 9. The van der Waals surface area contributed by atoms with E-state index in [1.807, 2.05) is 18.6 Å². The summed E-state index contributed by atoms with van der Waals surface area (Å²) in [6.45, 7) is 7.39. The molecule has 1 aliphatic heterocycles. The fourth-order valence-electron chi connectivity index (χ4n) is 4.17. The summed E-state index contributed by atoms with van der Waals surface area (Å²) in [6.07, 6.45) is 11.2. The van der Waals surface area contributed by atoms with E-state index in [9.17, 15) is 0 Å². The fourth-order valence-corrected chi connectivity index (χ4v) is 4.17.